The van der Waals surface area contributed by atoms with Crippen LogP contribution in [0.3, 0.4) is 0 Å². The van der Waals surface area contributed by atoms with Crippen molar-refractivity contribution >= 4 is 11.9 Å². The molecule has 2 aliphatic carbocycles. The highest BCUT2D eigenvalue weighted by Gasteiger charge is 2.52. The molecule has 0 aliphatic heterocycles. The molecular weight excluding hydrogens is 220 g/mol. The first kappa shape index (κ1) is 12.1. The highest BCUT2D eigenvalue weighted by molar-refractivity contribution is 5.83. The van der Waals surface area contributed by atoms with E-state index in [1.54, 1.807) is 20.8 Å². The molecule has 2 aliphatic rings. The van der Waals surface area contributed by atoms with Crippen molar-refractivity contribution in [2.45, 2.75) is 32.8 Å². The molecule has 2 bridgehead atoms. The molecule has 1 saturated carbocycles. The van der Waals surface area contributed by atoms with Crippen LogP contribution in [0.15, 0.2) is 12.2 Å². The molecule has 1 N–H and O–H groups in total. The Morgan fingerprint density at radius 3 is 2.18 bits per heavy atom. The van der Waals surface area contributed by atoms with Crippen molar-refractivity contribution in [3.05, 3.63) is 12.2 Å². The molecule has 17 heavy (non-hydrogen) atoms. The zero-order valence-electron chi connectivity index (χ0n) is 10.3. The van der Waals surface area contributed by atoms with Crippen molar-refractivity contribution in [2.75, 3.05) is 0 Å². The molecule has 2 rings (SSSR count). The van der Waals surface area contributed by atoms with E-state index >= 15 is 0 Å². The van der Waals surface area contributed by atoms with Gasteiger partial charge in [0.15, 0.2) is 0 Å². The number of aliphatic carboxylic acids is 1. The number of carboxylic acids is 1. The molecule has 94 valence electrons. The molecule has 0 spiro atoms. The van der Waals surface area contributed by atoms with E-state index in [4.69, 9.17) is 4.74 Å². The molecule has 0 saturated heterocycles. The number of carboxylic acid groups (broad SMARTS) is 1. The minimum Gasteiger partial charge on any atom is -0.481 e. The summed E-state index contributed by atoms with van der Waals surface area (Å²) in [6.07, 6.45) is 4.64. The minimum atomic E-state index is -0.891. The zero-order chi connectivity index (χ0) is 12.8. The van der Waals surface area contributed by atoms with Crippen molar-refractivity contribution in [2.24, 2.45) is 23.7 Å². The fraction of sp³-hybridized carbons (Fsp3) is 0.692. The average Bonchev–Trinajstić information content (AvgIpc) is 2.72. The maximum absolute atomic E-state index is 12.0. The van der Waals surface area contributed by atoms with Crippen LogP contribution in [0.1, 0.15) is 27.2 Å². The summed E-state index contributed by atoms with van der Waals surface area (Å²) in [5.74, 6) is -2.35. The van der Waals surface area contributed by atoms with Crippen LogP contribution in [0.25, 0.3) is 0 Å². The van der Waals surface area contributed by atoms with Crippen LogP contribution in [0.5, 0.6) is 0 Å². The Balaban J connectivity index is 2.17. The highest BCUT2D eigenvalue weighted by atomic mass is 16.6. The predicted molar refractivity (Wildman–Crippen MR) is 61.2 cm³/mol. The predicted octanol–water partition coefficient (Wildman–Crippen LogP) is 1.85. The van der Waals surface area contributed by atoms with Gasteiger partial charge in [0.1, 0.15) is 5.60 Å². The average molecular weight is 238 g/mol. The van der Waals surface area contributed by atoms with Crippen LogP contribution in [0.4, 0.5) is 0 Å². The summed E-state index contributed by atoms with van der Waals surface area (Å²) < 4.78 is 5.32. The number of rotatable bonds is 2. The van der Waals surface area contributed by atoms with Gasteiger partial charge >= 0.3 is 11.9 Å². The topological polar surface area (TPSA) is 63.6 Å². The first-order valence-corrected chi connectivity index (χ1v) is 5.93. The number of hydrogen-bond acceptors (Lipinski definition) is 3. The second-order valence-electron chi connectivity index (χ2n) is 5.87. The van der Waals surface area contributed by atoms with Gasteiger partial charge < -0.3 is 9.84 Å². The summed E-state index contributed by atoms with van der Waals surface area (Å²) in [6, 6.07) is 0. The summed E-state index contributed by atoms with van der Waals surface area (Å²) in [7, 11) is 0. The standard InChI is InChI=1S/C13H18O4/c1-13(2,3)17-12(16)10-8-5-4-7(6-8)9(10)11(14)15/h4-5,7-10H,6H2,1-3H3,(H,14,15)/t7?,8?,9-,10-/m0/s1. The zero-order valence-corrected chi connectivity index (χ0v) is 10.3. The van der Waals surface area contributed by atoms with Crippen molar-refractivity contribution in [1.29, 1.82) is 0 Å². The first-order chi connectivity index (χ1) is 7.79. The molecule has 1 fully saturated rings. The van der Waals surface area contributed by atoms with E-state index in [9.17, 15) is 14.7 Å². The second-order valence-corrected chi connectivity index (χ2v) is 5.87. The van der Waals surface area contributed by atoms with Crippen LogP contribution < -0.4 is 0 Å². The van der Waals surface area contributed by atoms with Crippen molar-refractivity contribution in [3.8, 4) is 0 Å². The fourth-order valence-corrected chi connectivity index (χ4v) is 2.85. The Morgan fingerprint density at radius 1 is 1.18 bits per heavy atom. The maximum Gasteiger partial charge on any atom is 0.310 e. The van der Waals surface area contributed by atoms with E-state index in [0.29, 0.717) is 0 Å². The minimum absolute atomic E-state index is 0.00461. The molecule has 4 atom stereocenters. The molecule has 0 aromatic heterocycles. The van der Waals surface area contributed by atoms with E-state index in [-0.39, 0.29) is 17.8 Å². The lowest BCUT2D eigenvalue weighted by molar-refractivity contribution is -0.167. The molecule has 0 aromatic carbocycles. The maximum atomic E-state index is 12.0. The molecular formula is C13H18O4. The first-order valence-electron chi connectivity index (χ1n) is 5.93. The Hall–Kier alpha value is -1.32. The molecule has 4 heteroatoms. The Bertz CT molecular complexity index is 377. The molecule has 0 radical (unpaired) electrons. The molecule has 0 amide bonds. The summed E-state index contributed by atoms with van der Waals surface area (Å²) >= 11 is 0. The number of allylic oxidation sites excluding steroid dienone is 2. The molecule has 2 unspecified atom stereocenters. The van der Waals surface area contributed by atoms with Gasteiger partial charge in [-0.05, 0) is 39.0 Å². The van der Waals surface area contributed by atoms with Gasteiger partial charge in [0.05, 0.1) is 11.8 Å². The monoisotopic (exact) mass is 238 g/mol. The van der Waals surface area contributed by atoms with Gasteiger partial charge in [-0.15, -0.1) is 0 Å². The second kappa shape index (κ2) is 3.86. The van der Waals surface area contributed by atoms with Crippen LogP contribution in [0.2, 0.25) is 0 Å². The van der Waals surface area contributed by atoms with Crippen LogP contribution in [0, 0.1) is 23.7 Å². The third-order valence-electron chi connectivity index (χ3n) is 3.42. The lowest BCUT2D eigenvalue weighted by atomic mass is 9.83. The van der Waals surface area contributed by atoms with Gasteiger partial charge in [-0.3, -0.25) is 9.59 Å². The molecule has 4 nitrogen and oxygen atoms in total. The number of ether oxygens (including phenoxy) is 1. The van der Waals surface area contributed by atoms with Crippen molar-refractivity contribution in [1.82, 2.24) is 0 Å². The van der Waals surface area contributed by atoms with Crippen LogP contribution >= 0.6 is 0 Å². The van der Waals surface area contributed by atoms with Gasteiger partial charge in [0.2, 0.25) is 0 Å². The van der Waals surface area contributed by atoms with Crippen LogP contribution in [-0.2, 0) is 14.3 Å². The number of carbonyl (C=O) groups excluding carboxylic acids is 1. The van der Waals surface area contributed by atoms with E-state index < -0.39 is 23.4 Å². The van der Waals surface area contributed by atoms with E-state index in [2.05, 4.69) is 0 Å². The third-order valence-corrected chi connectivity index (χ3v) is 3.42. The van der Waals surface area contributed by atoms with E-state index in [1.807, 2.05) is 12.2 Å². The van der Waals surface area contributed by atoms with Crippen molar-refractivity contribution in [3.63, 3.8) is 0 Å². The SMILES string of the molecule is CC(C)(C)OC(=O)[C@H]1C2C=CC(C2)[C@@H]1C(=O)O. The van der Waals surface area contributed by atoms with Gasteiger partial charge in [-0.1, -0.05) is 12.2 Å². The lowest BCUT2D eigenvalue weighted by Crippen LogP contribution is -2.37. The van der Waals surface area contributed by atoms with E-state index in [1.165, 1.54) is 0 Å². The van der Waals surface area contributed by atoms with Gasteiger partial charge in [-0.25, -0.2) is 0 Å². The summed E-state index contributed by atoms with van der Waals surface area (Å²) in [4.78, 5) is 23.3. The van der Waals surface area contributed by atoms with Gasteiger partial charge in [-0.2, -0.15) is 0 Å². The van der Waals surface area contributed by atoms with Gasteiger partial charge in [0.25, 0.3) is 0 Å². The number of carbonyl (C=O) groups is 2. The quantitative estimate of drug-likeness (QED) is 0.589. The molecule has 0 heterocycles. The van der Waals surface area contributed by atoms with Gasteiger partial charge in [0, 0.05) is 0 Å². The summed E-state index contributed by atoms with van der Waals surface area (Å²) in [5.41, 5.74) is -0.564. The fourth-order valence-electron chi connectivity index (χ4n) is 2.85. The normalized spacial score (nSPS) is 35.0. The van der Waals surface area contributed by atoms with E-state index in [0.717, 1.165) is 6.42 Å². The van der Waals surface area contributed by atoms with Crippen LogP contribution in [-0.4, -0.2) is 22.6 Å². The summed E-state index contributed by atoms with van der Waals surface area (Å²) in [6.45, 7) is 5.39. The Labute approximate surface area is 101 Å². The highest BCUT2D eigenvalue weighted by Crippen LogP contribution is 2.48. The number of hydrogen-bond donors (Lipinski definition) is 1. The van der Waals surface area contributed by atoms with Crippen molar-refractivity contribution < 1.29 is 19.4 Å². The third kappa shape index (κ3) is 2.21. The number of fused-ring (bicyclic) bond motifs is 2. The Morgan fingerprint density at radius 2 is 1.71 bits per heavy atom. The number of esters is 1. The smallest absolute Gasteiger partial charge is 0.310 e. The molecule has 0 aromatic rings. The largest absolute Gasteiger partial charge is 0.481 e. The summed E-state index contributed by atoms with van der Waals surface area (Å²) in [5, 5.41) is 9.21. The Kier molecular flexibility index (Phi) is 2.76. The lowest BCUT2D eigenvalue weighted by Gasteiger charge is -2.27.